The van der Waals surface area contributed by atoms with E-state index in [1.807, 2.05) is 0 Å². The second-order valence-electron chi connectivity index (χ2n) is 1.07. The Balaban J connectivity index is -0.0000000800. The van der Waals surface area contributed by atoms with Crippen LogP contribution in [0.4, 0.5) is 0 Å². The van der Waals surface area contributed by atoms with Gasteiger partial charge in [0.1, 0.15) is 0 Å². The van der Waals surface area contributed by atoms with Gasteiger partial charge in [-0.15, -0.1) is 0 Å². The van der Waals surface area contributed by atoms with Crippen molar-refractivity contribution >= 4 is 6.41 Å². The number of hydrogen-bond acceptors (Lipinski definition) is 2. The standard InChI is InChI=1S/C3H7NO.K.H2O/c1-4(2)3-5;;/h3H,1-2H3;;1H2/q;+1;/p-1. The molecule has 0 unspecified atom stereocenters. The third kappa shape index (κ3) is 19.3. The Kier molecular flexibility index (Phi) is 22.7. The minimum absolute atomic E-state index is 0. The predicted molar refractivity (Wildman–Crippen MR) is 21.7 cm³/mol. The zero-order valence-electron chi connectivity index (χ0n) is 4.88. The van der Waals surface area contributed by atoms with Gasteiger partial charge in [-0.2, -0.15) is 0 Å². The van der Waals surface area contributed by atoms with Crippen molar-refractivity contribution in [2.24, 2.45) is 0 Å². The molecule has 0 fully saturated rings. The summed E-state index contributed by atoms with van der Waals surface area (Å²) in [6.45, 7) is 0. The zero-order valence-corrected chi connectivity index (χ0v) is 8.00. The second-order valence-corrected chi connectivity index (χ2v) is 1.07. The summed E-state index contributed by atoms with van der Waals surface area (Å²) in [5.74, 6) is 0. The van der Waals surface area contributed by atoms with Crippen LogP contribution in [0, 0.1) is 0 Å². The molecule has 0 aliphatic rings. The third-order valence-corrected chi connectivity index (χ3v) is 0.211. The average molecular weight is 129 g/mol. The van der Waals surface area contributed by atoms with Crippen molar-refractivity contribution in [2.75, 3.05) is 14.1 Å². The fourth-order valence-corrected chi connectivity index (χ4v) is 0. The van der Waals surface area contributed by atoms with Crippen LogP contribution >= 0.6 is 0 Å². The van der Waals surface area contributed by atoms with Gasteiger partial charge in [0, 0.05) is 14.1 Å². The average Bonchev–Trinajstić information content (AvgIpc) is 1.38. The van der Waals surface area contributed by atoms with Gasteiger partial charge in [0.2, 0.25) is 6.41 Å². The number of amides is 1. The zero-order chi connectivity index (χ0) is 4.28. The van der Waals surface area contributed by atoms with Crippen LogP contribution in [0.3, 0.4) is 0 Å². The van der Waals surface area contributed by atoms with Crippen LogP contribution in [0.25, 0.3) is 0 Å². The van der Waals surface area contributed by atoms with Crippen molar-refractivity contribution in [1.29, 1.82) is 0 Å². The van der Waals surface area contributed by atoms with E-state index in [2.05, 4.69) is 0 Å². The van der Waals surface area contributed by atoms with E-state index in [0.29, 0.717) is 0 Å². The normalized spacial score (nSPS) is 4.86. The van der Waals surface area contributed by atoms with E-state index in [1.165, 1.54) is 4.90 Å². The summed E-state index contributed by atoms with van der Waals surface area (Å²) in [7, 11) is 3.38. The van der Waals surface area contributed by atoms with E-state index >= 15 is 0 Å². The maximum atomic E-state index is 9.43. The maximum Gasteiger partial charge on any atom is 1.00 e. The molecule has 0 radical (unpaired) electrons. The van der Waals surface area contributed by atoms with Gasteiger partial charge in [0.15, 0.2) is 0 Å². The Labute approximate surface area is 85.8 Å². The van der Waals surface area contributed by atoms with Crippen LogP contribution < -0.4 is 51.4 Å². The molecule has 0 aromatic carbocycles. The molecule has 4 heteroatoms. The molecule has 0 aliphatic carbocycles. The summed E-state index contributed by atoms with van der Waals surface area (Å²) in [5, 5.41) is 0. The van der Waals surface area contributed by atoms with Gasteiger partial charge < -0.3 is 10.4 Å². The van der Waals surface area contributed by atoms with Gasteiger partial charge in [-0.05, 0) is 0 Å². The molecular formula is C3H8KNO2. The summed E-state index contributed by atoms with van der Waals surface area (Å²) in [6, 6.07) is 0. The molecule has 0 aliphatic heterocycles. The molecule has 0 spiro atoms. The van der Waals surface area contributed by atoms with E-state index in [4.69, 9.17) is 0 Å². The monoisotopic (exact) mass is 129 g/mol. The molecule has 0 atom stereocenters. The SMILES string of the molecule is CN(C)C=O.[K+].[OH-]. The van der Waals surface area contributed by atoms with Gasteiger partial charge in [-0.1, -0.05) is 0 Å². The summed E-state index contributed by atoms with van der Waals surface area (Å²) < 4.78 is 0. The van der Waals surface area contributed by atoms with Gasteiger partial charge in [-0.25, -0.2) is 0 Å². The molecular weight excluding hydrogens is 121 g/mol. The third-order valence-electron chi connectivity index (χ3n) is 0.211. The number of carbonyl (C=O) groups is 1. The molecule has 0 aromatic rings. The Morgan fingerprint density at radius 3 is 1.57 bits per heavy atom. The van der Waals surface area contributed by atoms with Crippen LogP contribution in [0.1, 0.15) is 0 Å². The summed E-state index contributed by atoms with van der Waals surface area (Å²) in [5.41, 5.74) is 0. The van der Waals surface area contributed by atoms with Gasteiger partial charge >= 0.3 is 51.4 Å². The smallest absolute Gasteiger partial charge is 0.870 e. The van der Waals surface area contributed by atoms with Crippen LogP contribution in [0.15, 0.2) is 0 Å². The van der Waals surface area contributed by atoms with Crippen molar-refractivity contribution in [2.45, 2.75) is 0 Å². The molecule has 7 heavy (non-hydrogen) atoms. The minimum Gasteiger partial charge on any atom is -0.870 e. The fraction of sp³-hybridized carbons (Fsp3) is 0.667. The quantitative estimate of drug-likeness (QED) is 0.273. The molecule has 3 nitrogen and oxygen atoms in total. The Morgan fingerprint density at radius 2 is 1.57 bits per heavy atom. The van der Waals surface area contributed by atoms with E-state index in [-0.39, 0.29) is 56.9 Å². The molecule has 0 saturated heterocycles. The Hall–Kier alpha value is 1.07. The first-order chi connectivity index (χ1) is 2.27. The molecule has 0 heterocycles. The Bertz CT molecular complexity index is 39.9. The number of hydrogen-bond donors (Lipinski definition) is 0. The molecule has 0 rings (SSSR count). The molecule has 1 N–H and O–H groups in total. The first-order valence-electron chi connectivity index (χ1n) is 1.39. The van der Waals surface area contributed by atoms with Gasteiger partial charge in [0.25, 0.3) is 0 Å². The van der Waals surface area contributed by atoms with E-state index in [0.717, 1.165) is 6.41 Å². The number of nitrogens with zero attached hydrogens (tertiary/aromatic N) is 1. The topological polar surface area (TPSA) is 50.3 Å². The number of carbonyl (C=O) groups excluding carboxylic acids is 1. The molecule has 1 amide bonds. The van der Waals surface area contributed by atoms with E-state index < -0.39 is 0 Å². The van der Waals surface area contributed by atoms with Crippen molar-refractivity contribution in [1.82, 2.24) is 4.90 Å². The predicted octanol–water partition coefficient (Wildman–Crippen LogP) is -3.47. The number of rotatable bonds is 1. The largest absolute Gasteiger partial charge is 1.00 e. The van der Waals surface area contributed by atoms with Gasteiger partial charge in [-0.3, -0.25) is 4.79 Å². The van der Waals surface area contributed by atoms with E-state index in [9.17, 15) is 4.79 Å². The van der Waals surface area contributed by atoms with Crippen LogP contribution in [-0.4, -0.2) is 30.9 Å². The van der Waals surface area contributed by atoms with Crippen molar-refractivity contribution in [3.8, 4) is 0 Å². The van der Waals surface area contributed by atoms with Crippen molar-refractivity contribution in [3.05, 3.63) is 0 Å². The molecule has 0 bridgehead atoms. The molecule has 38 valence electrons. The second kappa shape index (κ2) is 10.1. The Morgan fingerprint density at radius 1 is 1.43 bits per heavy atom. The van der Waals surface area contributed by atoms with E-state index in [1.54, 1.807) is 14.1 Å². The van der Waals surface area contributed by atoms with Crippen molar-refractivity contribution < 1.29 is 61.7 Å². The summed E-state index contributed by atoms with van der Waals surface area (Å²) >= 11 is 0. The summed E-state index contributed by atoms with van der Waals surface area (Å²) in [6.07, 6.45) is 0.750. The summed E-state index contributed by atoms with van der Waals surface area (Å²) in [4.78, 5) is 10.9. The van der Waals surface area contributed by atoms with Crippen molar-refractivity contribution in [3.63, 3.8) is 0 Å². The molecule has 0 saturated carbocycles. The first-order valence-corrected chi connectivity index (χ1v) is 1.39. The minimum atomic E-state index is 0. The van der Waals surface area contributed by atoms with Gasteiger partial charge in [0.05, 0.1) is 0 Å². The fourth-order valence-electron chi connectivity index (χ4n) is 0. The van der Waals surface area contributed by atoms with Crippen LogP contribution in [-0.2, 0) is 4.79 Å². The molecule has 0 aromatic heterocycles. The van der Waals surface area contributed by atoms with Crippen LogP contribution in [0.2, 0.25) is 0 Å². The van der Waals surface area contributed by atoms with Crippen LogP contribution in [0.5, 0.6) is 0 Å². The first kappa shape index (κ1) is 15.7. The maximum absolute atomic E-state index is 9.43.